The fourth-order valence-corrected chi connectivity index (χ4v) is 6.47. The number of sulfonamides is 2. The predicted molar refractivity (Wildman–Crippen MR) is 173 cm³/mol. The van der Waals surface area contributed by atoms with Gasteiger partial charge in [0.25, 0.3) is 21.8 Å². The SMILES string of the molecule is CCCN(CCC)C(=O)c1cc(C(=O)NC(Cc2ccc(O)cc2)C(O)CN(C)NS(=O)(=O)c2ccccc2)cc(S(N)(=O)=O)c1. The number of hydrogen-bond acceptors (Lipinski definition) is 9. The first-order valence-electron chi connectivity index (χ1n) is 14.7. The summed E-state index contributed by atoms with van der Waals surface area (Å²) < 4.78 is 50.3. The zero-order valence-electron chi connectivity index (χ0n) is 26.0. The Kier molecular flexibility index (Phi) is 12.8. The minimum Gasteiger partial charge on any atom is -0.508 e. The number of carbonyl (C=O) groups excluding carboxylic acids is 2. The fourth-order valence-electron chi connectivity index (χ4n) is 4.78. The smallest absolute Gasteiger partial charge is 0.253 e. The molecule has 0 saturated carbocycles. The lowest BCUT2D eigenvalue weighted by Gasteiger charge is -2.28. The van der Waals surface area contributed by atoms with E-state index < -0.39 is 48.9 Å². The molecule has 0 aliphatic rings. The molecule has 0 fully saturated rings. The third kappa shape index (κ3) is 10.3. The number of hydrazine groups is 1. The van der Waals surface area contributed by atoms with Gasteiger partial charge in [-0.3, -0.25) is 9.59 Å². The minimum atomic E-state index is -4.31. The summed E-state index contributed by atoms with van der Waals surface area (Å²) in [5.74, 6) is -1.25. The molecule has 2 atom stereocenters. The van der Waals surface area contributed by atoms with Crippen molar-refractivity contribution in [3.05, 3.63) is 89.5 Å². The van der Waals surface area contributed by atoms with Crippen molar-refractivity contribution in [1.82, 2.24) is 20.1 Å². The molecular weight excluding hydrogens is 635 g/mol. The topological polar surface area (TPSA) is 199 Å². The summed E-state index contributed by atoms with van der Waals surface area (Å²) in [7, 11) is -6.87. The number of benzene rings is 3. The van der Waals surface area contributed by atoms with Gasteiger partial charge >= 0.3 is 0 Å². The van der Waals surface area contributed by atoms with Crippen molar-refractivity contribution in [1.29, 1.82) is 0 Å². The lowest BCUT2D eigenvalue weighted by molar-refractivity contribution is 0.0687. The van der Waals surface area contributed by atoms with Crippen LogP contribution in [0.15, 0.2) is 82.6 Å². The zero-order chi connectivity index (χ0) is 34.1. The Labute approximate surface area is 270 Å². The van der Waals surface area contributed by atoms with Crippen LogP contribution in [0, 0.1) is 0 Å². The molecule has 3 rings (SSSR count). The van der Waals surface area contributed by atoms with E-state index in [1.54, 1.807) is 35.2 Å². The van der Waals surface area contributed by atoms with Gasteiger partial charge in [0.05, 0.1) is 21.9 Å². The van der Waals surface area contributed by atoms with Crippen molar-refractivity contribution < 1.29 is 36.6 Å². The number of primary sulfonamides is 1. The van der Waals surface area contributed by atoms with Crippen molar-refractivity contribution >= 4 is 31.9 Å². The van der Waals surface area contributed by atoms with Crippen LogP contribution in [-0.2, 0) is 26.5 Å². The third-order valence-corrected chi connectivity index (χ3v) is 9.32. The lowest BCUT2D eigenvalue weighted by atomic mass is 10.00. The third-order valence-electron chi connectivity index (χ3n) is 6.98. The summed E-state index contributed by atoms with van der Waals surface area (Å²) in [5.41, 5.74) is 0.409. The summed E-state index contributed by atoms with van der Waals surface area (Å²) in [6, 6.07) is 16.1. The average Bonchev–Trinajstić information content (AvgIpc) is 3.00. The molecule has 15 heteroatoms. The van der Waals surface area contributed by atoms with Crippen LogP contribution in [0.4, 0.5) is 0 Å². The monoisotopic (exact) mass is 675 g/mol. The highest BCUT2D eigenvalue weighted by Gasteiger charge is 2.27. The minimum absolute atomic E-state index is 0.0112. The lowest BCUT2D eigenvalue weighted by Crippen LogP contribution is -2.52. The molecule has 6 N–H and O–H groups in total. The number of aromatic hydroxyl groups is 1. The van der Waals surface area contributed by atoms with Gasteiger partial charge < -0.3 is 20.4 Å². The maximum absolute atomic E-state index is 13.6. The van der Waals surface area contributed by atoms with Gasteiger partial charge in [0, 0.05) is 37.8 Å². The van der Waals surface area contributed by atoms with Crippen LogP contribution < -0.4 is 15.3 Å². The quantitative estimate of drug-likeness (QED) is 0.141. The van der Waals surface area contributed by atoms with Gasteiger partial charge in [-0.05, 0) is 67.3 Å². The summed E-state index contributed by atoms with van der Waals surface area (Å²) in [6.07, 6.45) is 0.0309. The van der Waals surface area contributed by atoms with Crippen molar-refractivity contribution in [2.45, 2.75) is 55.0 Å². The number of hydrogen-bond donors (Lipinski definition) is 5. The average molecular weight is 676 g/mol. The van der Waals surface area contributed by atoms with Crippen molar-refractivity contribution in [2.24, 2.45) is 5.14 Å². The molecule has 0 bridgehead atoms. The first-order valence-corrected chi connectivity index (χ1v) is 17.7. The van der Waals surface area contributed by atoms with Crippen LogP contribution >= 0.6 is 0 Å². The standard InChI is InChI=1S/C31H41N5O8S2/c1-4-15-36(16-5-2)31(40)24-18-23(19-27(20-24)45(32,41)42)30(39)33-28(17-22-11-13-25(37)14-12-22)29(38)21-35(3)34-46(43,44)26-9-7-6-8-10-26/h6-14,18-20,28-29,34,37-38H,4-5,15-17,21H2,1-3H3,(H,33,39)(H2,32,41,42). The van der Waals surface area contributed by atoms with E-state index in [2.05, 4.69) is 10.1 Å². The Bertz CT molecular complexity index is 1700. The van der Waals surface area contributed by atoms with E-state index in [0.29, 0.717) is 31.5 Å². The highest BCUT2D eigenvalue weighted by molar-refractivity contribution is 7.89. The van der Waals surface area contributed by atoms with E-state index >= 15 is 0 Å². The second kappa shape index (κ2) is 16.1. The second-order valence-corrected chi connectivity index (χ2v) is 14.1. The molecule has 0 saturated heterocycles. The van der Waals surface area contributed by atoms with E-state index in [0.717, 1.165) is 17.1 Å². The first kappa shape index (κ1) is 36.6. The molecule has 2 unspecified atom stereocenters. The fraction of sp³-hybridized carbons (Fsp3) is 0.355. The largest absolute Gasteiger partial charge is 0.508 e. The number of nitrogens with two attached hydrogens (primary N) is 1. The van der Waals surface area contributed by atoms with Gasteiger partial charge in [0.15, 0.2) is 0 Å². The van der Waals surface area contributed by atoms with E-state index in [9.17, 15) is 36.6 Å². The number of likely N-dealkylation sites (N-methyl/N-ethyl adjacent to an activating group) is 1. The van der Waals surface area contributed by atoms with Crippen LogP contribution in [0.5, 0.6) is 5.75 Å². The van der Waals surface area contributed by atoms with Gasteiger partial charge in [-0.25, -0.2) is 27.0 Å². The van der Waals surface area contributed by atoms with Crippen LogP contribution in [0.3, 0.4) is 0 Å². The zero-order valence-corrected chi connectivity index (χ0v) is 27.6. The highest BCUT2D eigenvalue weighted by atomic mass is 32.2. The molecule has 0 aliphatic carbocycles. The van der Waals surface area contributed by atoms with E-state index in [1.165, 1.54) is 37.4 Å². The summed E-state index contributed by atoms with van der Waals surface area (Å²) in [5, 5.41) is 30.2. The summed E-state index contributed by atoms with van der Waals surface area (Å²) in [6.45, 7) is 4.39. The predicted octanol–water partition coefficient (Wildman–Crippen LogP) is 1.83. The Hall–Kier alpha value is -3.86. The molecule has 3 aromatic carbocycles. The number of phenols is 1. The van der Waals surface area contributed by atoms with Gasteiger partial charge in [-0.2, -0.15) is 0 Å². The number of carbonyl (C=O) groups is 2. The van der Waals surface area contributed by atoms with Crippen LogP contribution in [-0.4, -0.2) is 87.6 Å². The number of aliphatic hydroxyl groups excluding tert-OH is 1. The molecular formula is C31H41N5O8S2. The molecule has 2 amide bonds. The Morgan fingerprint density at radius 3 is 2.02 bits per heavy atom. The molecule has 0 aliphatic heterocycles. The maximum atomic E-state index is 13.6. The normalized spacial score (nSPS) is 13.3. The Balaban J connectivity index is 1.92. The first-order chi connectivity index (χ1) is 21.6. The Morgan fingerprint density at radius 1 is 0.870 bits per heavy atom. The molecule has 13 nitrogen and oxygen atoms in total. The molecule has 0 heterocycles. The van der Waals surface area contributed by atoms with Crippen LogP contribution in [0.25, 0.3) is 0 Å². The molecule has 0 radical (unpaired) electrons. The molecule has 46 heavy (non-hydrogen) atoms. The number of amides is 2. The number of aliphatic hydroxyl groups is 1. The summed E-state index contributed by atoms with van der Waals surface area (Å²) >= 11 is 0. The van der Waals surface area contributed by atoms with Gasteiger partial charge in [-0.1, -0.05) is 44.2 Å². The van der Waals surface area contributed by atoms with Gasteiger partial charge in [0.2, 0.25) is 10.0 Å². The number of phenolic OH excluding ortho intramolecular Hbond substituents is 1. The molecule has 250 valence electrons. The van der Waals surface area contributed by atoms with Crippen molar-refractivity contribution in [2.75, 3.05) is 26.7 Å². The van der Waals surface area contributed by atoms with Crippen molar-refractivity contribution in [3.63, 3.8) is 0 Å². The van der Waals surface area contributed by atoms with E-state index in [-0.39, 0.29) is 34.7 Å². The number of rotatable bonds is 16. The second-order valence-electron chi connectivity index (χ2n) is 10.9. The van der Waals surface area contributed by atoms with Crippen LogP contribution in [0.2, 0.25) is 0 Å². The van der Waals surface area contributed by atoms with E-state index in [4.69, 9.17) is 5.14 Å². The van der Waals surface area contributed by atoms with E-state index in [1.807, 2.05) is 13.8 Å². The van der Waals surface area contributed by atoms with Crippen LogP contribution in [0.1, 0.15) is 53.0 Å². The van der Waals surface area contributed by atoms with Crippen molar-refractivity contribution in [3.8, 4) is 5.75 Å². The highest BCUT2D eigenvalue weighted by Crippen LogP contribution is 2.19. The molecule has 0 aromatic heterocycles. The molecule has 3 aromatic rings. The molecule has 0 spiro atoms. The number of nitrogens with one attached hydrogen (secondary N) is 2. The summed E-state index contributed by atoms with van der Waals surface area (Å²) in [4.78, 5) is 30.5. The Morgan fingerprint density at radius 2 is 1.46 bits per heavy atom. The maximum Gasteiger partial charge on any atom is 0.253 e. The van der Waals surface area contributed by atoms with Gasteiger partial charge in [0.1, 0.15) is 5.75 Å². The van der Waals surface area contributed by atoms with Gasteiger partial charge in [-0.15, -0.1) is 4.83 Å². The number of nitrogens with zero attached hydrogens (tertiary/aromatic N) is 2.